The first-order valence-corrected chi connectivity index (χ1v) is 13.9. The lowest BCUT2D eigenvalue weighted by Gasteiger charge is -2.25. The first kappa shape index (κ1) is 30.3. The minimum absolute atomic E-state index is 0.167. The highest BCUT2D eigenvalue weighted by molar-refractivity contribution is 5.76. The van der Waals surface area contributed by atoms with Gasteiger partial charge in [-0.05, 0) is 26.2 Å². The molecule has 1 saturated heterocycles. The van der Waals surface area contributed by atoms with Gasteiger partial charge in [-0.1, -0.05) is 40.0 Å². The summed E-state index contributed by atoms with van der Waals surface area (Å²) in [6, 6.07) is 0. The third kappa shape index (κ3) is 8.11. The number of aromatic nitrogens is 4. The molecule has 0 spiro atoms. The zero-order valence-electron chi connectivity index (χ0n) is 23.3. The van der Waals surface area contributed by atoms with Gasteiger partial charge in [0.15, 0.2) is 29.6 Å². The maximum absolute atomic E-state index is 12.8. The fourth-order valence-corrected chi connectivity index (χ4v) is 4.23. The normalized spacial score (nSPS) is 20.6. The number of carbonyl (C=O) groups excluding carboxylic acids is 3. The first-order valence-electron chi connectivity index (χ1n) is 13.9. The van der Waals surface area contributed by atoms with Crippen LogP contribution in [0, 0.1) is 0 Å². The highest BCUT2D eigenvalue weighted by Gasteiger charge is 2.51. The topological polar surface area (TPSA) is 141 Å². The smallest absolute Gasteiger partial charge is 0.306 e. The summed E-state index contributed by atoms with van der Waals surface area (Å²) in [7, 11) is 0. The molecule has 2 aromatic heterocycles. The summed E-state index contributed by atoms with van der Waals surface area (Å²) >= 11 is 0. The van der Waals surface area contributed by atoms with Gasteiger partial charge in [0.25, 0.3) is 0 Å². The van der Waals surface area contributed by atoms with Crippen molar-refractivity contribution in [3.8, 4) is 5.88 Å². The molecule has 0 aromatic carbocycles. The monoisotopic (exact) mass is 548 g/mol. The van der Waals surface area contributed by atoms with E-state index in [-0.39, 0.29) is 31.8 Å². The summed E-state index contributed by atoms with van der Waals surface area (Å²) in [6.45, 7) is 7.99. The summed E-state index contributed by atoms with van der Waals surface area (Å²) in [6.07, 6.45) is 4.13. The number of nitrogens with zero attached hydrogens (tertiary/aromatic N) is 4. The summed E-state index contributed by atoms with van der Waals surface area (Å²) in [4.78, 5) is 50.7. The maximum atomic E-state index is 12.8. The summed E-state index contributed by atoms with van der Waals surface area (Å²) in [5.74, 6) is -0.961. The van der Waals surface area contributed by atoms with Crippen LogP contribution in [0.2, 0.25) is 0 Å². The fraction of sp³-hybridized carbons (Fsp3) is 0.704. The van der Waals surface area contributed by atoms with Gasteiger partial charge >= 0.3 is 17.9 Å². The van der Waals surface area contributed by atoms with Crippen LogP contribution in [0.3, 0.4) is 0 Å². The number of ether oxygens (including phenoxy) is 5. The third-order valence-corrected chi connectivity index (χ3v) is 6.31. The Bertz CT molecular complexity index is 1090. The van der Waals surface area contributed by atoms with Crippen molar-refractivity contribution in [1.82, 2.24) is 19.5 Å². The van der Waals surface area contributed by atoms with Crippen molar-refractivity contribution in [3.05, 3.63) is 12.7 Å². The van der Waals surface area contributed by atoms with Crippen LogP contribution in [0.15, 0.2) is 12.7 Å². The van der Waals surface area contributed by atoms with Gasteiger partial charge in [-0.3, -0.25) is 19.0 Å². The molecule has 4 atom stereocenters. The Hall–Kier alpha value is -3.28. The van der Waals surface area contributed by atoms with E-state index >= 15 is 0 Å². The standard InChI is InChI=1S/C27H40N4O8/c1-5-9-12-19(32)36-15-18-23(38-20(33)13-10-6-2)24(39-21(34)14-11-7-3)27(37-18)31-17-30-22-25(31)28-16-29-26(22)35-8-4/h16-18,23-24,27H,5-15H2,1-4H3/t18-,23-,24-,27-/m1/s1. The number of unbranched alkanes of at least 4 members (excludes halogenated alkanes) is 3. The molecule has 12 heteroatoms. The predicted molar refractivity (Wildman–Crippen MR) is 140 cm³/mol. The molecule has 1 fully saturated rings. The van der Waals surface area contributed by atoms with Gasteiger partial charge in [0.1, 0.15) is 19.0 Å². The van der Waals surface area contributed by atoms with Gasteiger partial charge in [0, 0.05) is 19.3 Å². The van der Waals surface area contributed by atoms with Crippen molar-refractivity contribution in [1.29, 1.82) is 0 Å². The van der Waals surface area contributed by atoms with E-state index in [9.17, 15) is 14.4 Å². The summed E-state index contributed by atoms with van der Waals surface area (Å²) in [5, 5.41) is 0. The Kier molecular flexibility index (Phi) is 11.9. The molecule has 0 radical (unpaired) electrons. The molecule has 0 aliphatic carbocycles. The van der Waals surface area contributed by atoms with Crippen LogP contribution in [-0.2, 0) is 33.3 Å². The number of imidazole rings is 1. The van der Waals surface area contributed by atoms with Crippen molar-refractivity contribution < 1.29 is 38.1 Å². The minimum Gasteiger partial charge on any atom is -0.476 e. The van der Waals surface area contributed by atoms with Crippen molar-refractivity contribution in [2.45, 2.75) is 110 Å². The van der Waals surface area contributed by atoms with Crippen LogP contribution in [0.25, 0.3) is 11.2 Å². The second kappa shape index (κ2) is 15.3. The molecule has 1 aliphatic heterocycles. The molecule has 39 heavy (non-hydrogen) atoms. The Balaban J connectivity index is 1.96. The highest BCUT2D eigenvalue weighted by atomic mass is 16.7. The van der Waals surface area contributed by atoms with Crippen LogP contribution < -0.4 is 4.74 Å². The molecule has 12 nitrogen and oxygen atoms in total. The SMILES string of the molecule is CCCCC(=O)OC[C@H]1O[C@@H](n2cnc3c(OCC)ncnc32)[C@H](OC(=O)CCCC)[C@@H]1OC(=O)CCCC. The molecule has 0 amide bonds. The van der Waals surface area contributed by atoms with E-state index in [0.29, 0.717) is 42.9 Å². The molecule has 0 unspecified atom stereocenters. The van der Waals surface area contributed by atoms with Gasteiger partial charge in [0.05, 0.1) is 12.9 Å². The number of fused-ring (bicyclic) bond motifs is 1. The van der Waals surface area contributed by atoms with E-state index in [2.05, 4.69) is 15.0 Å². The van der Waals surface area contributed by atoms with E-state index < -0.39 is 36.5 Å². The van der Waals surface area contributed by atoms with Gasteiger partial charge in [0.2, 0.25) is 5.88 Å². The average molecular weight is 549 g/mol. The van der Waals surface area contributed by atoms with Crippen molar-refractivity contribution in [2.24, 2.45) is 0 Å². The fourth-order valence-electron chi connectivity index (χ4n) is 4.23. The summed E-state index contributed by atoms with van der Waals surface area (Å²) < 4.78 is 30.7. The van der Waals surface area contributed by atoms with Gasteiger partial charge < -0.3 is 23.7 Å². The molecule has 3 heterocycles. The first-order chi connectivity index (χ1) is 18.9. The van der Waals surface area contributed by atoms with Crippen LogP contribution in [0.5, 0.6) is 5.88 Å². The molecule has 0 saturated carbocycles. The molecular weight excluding hydrogens is 508 g/mol. The second-order valence-electron chi connectivity index (χ2n) is 9.40. The number of hydrogen-bond donors (Lipinski definition) is 0. The van der Waals surface area contributed by atoms with Gasteiger partial charge in [-0.15, -0.1) is 0 Å². The Labute approximate surface area is 228 Å². The van der Waals surface area contributed by atoms with Gasteiger partial charge in [-0.25, -0.2) is 9.97 Å². The largest absolute Gasteiger partial charge is 0.476 e. The van der Waals surface area contributed by atoms with E-state index in [1.54, 1.807) is 4.57 Å². The van der Waals surface area contributed by atoms with E-state index in [1.807, 2.05) is 27.7 Å². The van der Waals surface area contributed by atoms with E-state index in [1.165, 1.54) is 12.7 Å². The Morgan fingerprint density at radius 3 is 2.08 bits per heavy atom. The van der Waals surface area contributed by atoms with Gasteiger partial charge in [-0.2, -0.15) is 4.98 Å². The van der Waals surface area contributed by atoms with Crippen LogP contribution in [0.1, 0.15) is 91.7 Å². The number of hydrogen-bond acceptors (Lipinski definition) is 11. The molecule has 1 aliphatic rings. The van der Waals surface area contributed by atoms with Crippen molar-refractivity contribution in [3.63, 3.8) is 0 Å². The van der Waals surface area contributed by atoms with E-state index in [0.717, 1.165) is 19.3 Å². The van der Waals surface area contributed by atoms with Crippen molar-refractivity contribution in [2.75, 3.05) is 13.2 Å². The zero-order valence-corrected chi connectivity index (χ0v) is 23.3. The number of esters is 3. The lowest BCUT2D eigenvalue weighted by molar-refractivity contribution is -0.169. The highest BCUT2D eigenvalue weighted by Crippen LogP contribution is 2.37. The molecule has 216 valence electrons. The molecular formula is C27H40N4O8. The Morgan fingerprint density at radius 1 is 0.846 bits per heavy atom. The second-order valence-corrected chi connectivity index (χ2v) is 9.40. The zero-order chi connectivity index (χ0) is 28.2. The lowest BCUT2D eigenvalue weighted by atomic mass is 10.1. The third-order valence-electron chi connectivity index (χ3n) is 6.31. The predicted octanol–water partition coefficient (Wildman–Crippen LogP) is 4.06. The Morgan fingerprint density at radius 2 is 1.46 bits per heavy atom. The summed E-state index contributed by atoms with van der Waals surface area (Å²) in [5.41, 5.74) is 0.801. The molecule has 0 N–H and O–H groups in total. The molecule has 2 aromatic rings. The lowest BCUT2D eigenvalue weighted by Crippen LogP contribution is -2.41. The molecule has 3 rings (SSSR count). The van der Waals surface area contributed by atoms with Crippen LogP contribution in [-0.4, -0.2) is 69.0 Å². The minimum atomic E-state index is -1.03. The molecule has 0 bridgehead atoms. The number of rotatable bonds is 16. The quantitative estimate of drug-likeness (QED) is 0.221. The van der Waals surface area contributed by atoms with Crippen LogP contribution in [0.4, 0.5) is 0 Å². The van der Waals surface area contributed by atoms with Crippen molar-refractivity contribution >= 4 is 29.1 Å². The average Bonchev–Trinajstić information content (AvgIpc) is 3.50. The number of carbonyl (C=O) groups is 3. The maximum Gasteiger partial charge on any atom is 0.306 e. The van der Waals surface area contributed by atoms with E-state index in [4.69, 9.17) is 23.7 Å². The van der Waals surface area contributed by atoms with Crippen LogP contribution >= 0.6 is 0 Å².